The molecule has 0 aliphatic carbocycles. The Hall–Kier alpha value is -2.47. The predicted octanol–water partition coefficient (Wildman–Crippen LogP) is 2.95. The number of hydrogen-bond donors (Lipinski definition) is 0. The summed E-state index contributed by atoms with van der Waals surface area (Å²) < 4.78 is 0. The molecule has 0 atom stereocenters. The zero-order valence-corrected chi connectivity index (χ0v) is 18.1. The van der Waals surface area contributed by atoms with Crippen LogP contribution in [0.2, 0.25) is 0 Å². The van der Waals surface area contributed by atoms with E-state index in [9.17, 15) is 9.59 Å². The molecule has 2 aliphatic heterocycles. The van der Waals surface area contributed by atoms with Crippen LogP contribution in [0.15, 0.2) is 30.3 Å². The van der Waals surface area contributed by atoms with E-state index in [2.05, 4.69) is 16.8 Å². The number of piperazine rings is 1. The molecule has 160 valence electrons. The highest BCUT2D eigenvalue weighted by molar-refractivity contribution is 5.98. The van der Waals surface area contributed by atoms with Crippen LogP contribution in [0.1, 0.15) is 42.2 Å². The lowest BCUT2D eigenvalue weighted by molar-refractivity contribution is -0.134. The number of fused-ring (bicyclic) bond motifs is 1. The van der Waals surface area contributed by atoms with Crippen LogP contribution in [-0.2, 0) is 4.79 Å². The van der Waals surface area contributed by atoms with Gasteiger partial charge in [0, 0.05) is 51.1 Å². The molecule has 0 saturated carbocycles. The van der Waals surface area contributed by atoms with Gasteiger partial charge < -0.3 is 14.7 Å². The fraction of sp³-hybridized carbons (Fsp3) is 0.542. The Morgan fingerprint density at radius 1 is 1.00 bits per heavy atom. The number of likely N-dealkylation sites (N-methyl/N-ethyl adjacent to an activating group) is 1. The summed E-state index contributed by atoms with van der Waals surface area (Å²) >= 11 is 0. The van der Waals surface area contributed by atoms with Gasteiger partial charge in [0.25, 0.3) is 5.91 Å². The van der Waals surface area contributed by atoms with Gasteiger partial charge in [-0.2, -0.15) is 0 Å². The number of benzene rings is 1. The third-order valence-electron chi connectivity index (χ3n) is 6.68. The van der Waals surface area contributed by atoms with Crippen molar-refractivity contribution in [3.8, 4) is 0 Å². The minimum absolute atomic E-state index is 0.0613. The monoisotopic (exact) mass is 408 g/mol. The number of nitrogens with zero attached hydrogens (tertiary/aromatic N) is 4. The number of aromatic nitrogens is 1. The van der Waals surface area contributed by atoms with Crippen molar-refractivity contribution in [2.75, 3.05) is 45.8 Å². The highest BCUT2D eigenvalue weighted by atomic mass is 16.2. The van der Waals surface area contributed by atoms with Crippen molar-refractivity contribution in [1.29, 1.82) is 0 Å². The average molecular weight is 409 g/mol. The Balaban J connectivity index is 1.32. The fourth-order valence-corrected chi connectivity index (χ4v) is 4.63. The lowest BCUT2D eigenvalue weighted by Gasteiger charge is -2.36. The molecule has 2 aromatic rings. The number of pyridine rings is 1. The number of likely N-dealkylation sites (tertiary alicyclic amines) is 1. The molecule has 0 spiro atoms. The van der Waals surface area contributed by atoms with E-state index in [0.29, 0.717) is 31.0 Å². The van der Waals surface area contributed by atoms with Crippen LogP contribution in [0.3, 0.4) is 0 Å². The number of amides is 2. The molecule has 0 unspecified atom stereocenters. The van der Waals surface area contributed by atoms with Gasteiger partial charge in [-0.3, -0.25) is 14.6 Å². The van der Waals surface area contributed by atoms with Crippen LogP contribution in [0.4, 0.5) is 0 Å². The van der Waals surface area contributed by atoms with E-state index in [4.69, 9.17) is 0 Å². The summed E-state index contributed by atoms with van der Waals surface area (Å²) in [7, 11) is 0. The first-order valence-corrected chi connectivity index (χ1v) is 11.2. The molecule has 30 heavy (non-hydrogen) atoms. The molecule has 1 aromatic heterocycles. The molecule has 1 aromatic carbocycles. The molecule has 4 rings (SSSR count). The minimum Gasteiger partial charge on any atom is -0.340 e. The van der Waals surface area contributed by atoms with Gasteiger partial charge in [0.05, 0.1) is 16.8 Å². The highest BCUT2D eigenvalue weighted by Crippen LogP contribution is 2.25. The zero-order valence-electron chi connectivity index (χ0n) is 18.1. The summed E-state index contributed by atoms with van der Waals surface area (Å²) in [5.74, 6) is 0.720. The van der Waals surface area contributed by atoms with Crippen LogP contribution in [0.25, 0.3) is 10.9 Å². The summed E-state index contributed by atoms with van der Waals surface area (Å²) in [4.78, 5) is 36.7. The van der Waals surface area contributed by atoms with Gasteiger partial charge in [0.2, 0.25) is 5.91 Å². The molecule has 0 N–H and O–H groups in total. The van der Waals surface area contributed by atoms with Crippen LogP contribution in [0, 0.1) is 12.8 Å². The van der Waals surface area contributed by atoms with Crippen molar-refractivity contribution in [2.24, 2.45) is 5.92 Å². The maximum Gasteiger partial charge on any atom is 0.255 e. The van der Waals surface area contributed by atoms with E-state index < -0.39 is 0 Å². The number of piperidine rings is 1. The van der Waals surface area contributed by atoms with E-state index in [1.54, 1.807) is 0 Å². The predicted molar refractivity (Wildman–Crippen MR) is 118 cm³/mol. The molecule has 0 bridgehead atoms. The molecular weight excluding hydrogens is 376 g/mol. The second-order valence-electron chi connectivity index (χ2n) is 8.57. The Morgan fingerprint density at radius 3 is 2.40 bits per heavy atom. The summed E-state index contributed by atoms with van der Waals surface area (Å²) in [6.07, 6.45) is 2.41. The number of para-hydroxylation sites is 1. The number of carbonyl (C=O) groups is 2. The van der Waals surface area contributed by atoms with Gasteiger partial charge >= 0.3 is 0 Å². The quantitative estimate of drug-likeness (QED) is 0.781. The topological polar surface area (TPSA) is 56.8 Å². The van der Waals surface area contributed by atoms with Crippen LogP contribution >= 0.6 is 0 Å². The summed E-state index contributed by atoms with van der Waals surface area (Å²) in [6, 6.07) is 9.87. The van der Waals surface area contributed by atoms with Gasteiger partial charge in [-0.1, -0.05) is 25.1 Å². The third-order valence-corrected chi connectivity index (χ3v) is 6.68. The maximum absolute atomic E-state index is 13.1. The van der Waals surface area contributed by atoms with Crippen molar-refractivity contribution >= 4 is 22.7 Å². The molecule has 6 nitrogen and oxygen atoms in total. The van der Waals surface area contributed by atoms with Crippen LogP contribution < -0.4 is 0 Å². The first kappa shape index (κ1) is 20.8. The first-order valence-electron chi connectivity index (χ1n) is 11.2. The number of rotatable bonds is 4. The number of carbonyl (C=O) groups excluding carboxylic acids is 2. The maximum atomic E-state index is 13.1. The minimum atomic E-state index is 0.0613. The van der Waals surface area contributed by atoms with Crippen molar-refractivity contribution in [3.63, 3.8) is 0 Å². The molecule has 2 aliphatic rings. The highest BCUT2D eigenvalue weighted by Gasteiger charge is 2.28. The van der Waals surface area contributed by atoms with Gasteiger partial charge in [-0.25, -0.2) is 0 Å². The SMILES string of the molecule is CCN1CCN(C(=O)CC2CCN(C(=O)c3cc4ccccc4nc3C)CC2)CC1. The molecule has 2 saturated heterocycles. The molecule has 2 amide bonds. The summed E-state index contributed by atoms with van der Waals surface area (Å²) in [5.41, 5.74) is 2.39. The second kappa shape index (κ2) is 9.13. The van der Waals surface area contributed by atoms with Gasteiger partial charge in [0.1, 0.15) is 0 Å². The zero-order chi connectivity index (χ0) is 21.1. The Labute approximate surface area is 178 Å². The largest absolute Gasteiger partial charge is 0.340 e. The lowest BCUT2D eigenvalue weighted by atomic mass is 9.92. The molecule has 3 heterocycles. The molecule has 0 radical (unpaired) electrons. The fourth-order valence-electron chi connectivity index (χ4n) is 4.63. The van der Waals surface area contributed by atoms with Crippen LogP contribution in [-0.4, -0.2) is 77.3 Å². The van der Waals surface area contributed by atoms with E-state index in [1.165, 1.54) is 0 Å². The molecule has 6 heteroatoms. The number of hydrogen-bond acceptors (Lipinski definition) is 4. The van der Waals surface area contributed by atoms with E-state index in [-0.39, 0.29) is 11.8 Å². The lowest BCUT2D eigenvalue weighted by Crippen LogP contribution is -2.49. The Morgan fingerprint density at radius 2 is 1.70 bits per heavy atom. The molecule has 2 fully saturated rings. The van der Waals surface area contributed by atoms with E-state index >= 15 is 0 Å². The third kappa shape index (κ3) is 4.48. The van der Waals surface area contributed by atoms with E-state index in [0.717, 1.165) is 62.2 Å². The van der Waals surface area contributed by atoms with E-state index in [1.807, 2.05) is 47.1 Å². The first-order chi connectivity index (χ1) is 14.5. The Kier molecular flexibility index (Phi) is 6.32. The van der Waals surface area contributed by atoms with Crippen LogP contribution in [0.5, 0.6) is 0 Å². The Bertz CT molecular complexity index is 913. The average Bonchev–Trinajstić information content (AvgIpc) is 2.78. The standard InChI is InChI=1S/C24H32N4O2/c1-3-26-12-14-27(15-13-26)23(29)16-19-8-10-28(11-9-19)24(30)21-17-20-6-4-5-7-22(20)25-18(21)2/h4-7,17,19H,3,8-16H2,1-2H3. The van der Waals surface area contributed by atoms with Crippen molar-refractivity contribution in [1.82, 2.24) is 19.7 Å². The van der Waals surface area contributed by atoms with Gasteiger partial charge in [-0.05, 0) is 44.4 Å². The molecular formula is C24H32N4O2. The summed E-state index contributed by atoms with van der Waals surface area (Å²) in [6.45, 7) is 10.2. The van der Waals surface area contributed by atoms with Gasteiger partial charge in [-0.15, -0.1) is 0 Å². The van der Waals surface area contributed by atoms with Gasteiger partial charge in [0.15, 0.2) is 0 Å². The summed E-state index contributed by atoms with van der Waals surface area (Å²) in [5, 5.41) is 0.995. The van der Waals surface area contributed by atoms with Crippen molar-refractivity contribution < 1.29 is 9.59 Å². The second-order valence-corrected chi connectivity index (χ2v) is 8.57. The van der Waals surface area contributed by atoms with Crippen molar-refractivity contribution in [3.05, 3.63) is 41.6 Å². The number of aryl methyl sites for hydroxylation is 1. The smallest absolute Gasteiger partial charge is 0.255 e. The van der Waals surface area contributed by atoms with Crippen molar-refractivity contribution in [2.45, 2.75) is 33.1 Å². The normalized spacial score (nSPS) is 18.7.